The first-order valence-corrected chi connectivity index (χ1v) is 8.08. The van der Waals surface area contributed by atoms with Crippen LogP contribution in [0.5, 0.6) is 0 Å². The molecular formula is C13H18N2O4S. The Morgan fingerprint density at radius 3 is 2.60 bits per heavy atom. The highest BCUT2D eigenvalue weighted by Gasteiger charge is 2.47. The Morgan fingerprint density at radius 1 is 1.30 bits per heavy atom. The van der Waals surface area contributed by atoms with Crippen molar-refractivity contribution in [2.45, 2.75) is 12.8 Å². The number of hydrogen-bond acceptors (Lipinski definition) is 4. The molecule has 3 aliphatic rings. The fourth-order valence-electron chi connectivity index (χ4n) is 3.10. The van der Waals surface area contributed by atoms with Crippen LogP contribution in [-0.2, 0) is 14.4 Å². The lowest BCUT2D eigenvalue weighted by Gasteiger charge is -2.20. The third-order valence-corrected chi connectivity index (χ3v) is 5.36. The maximum atomic E-state index is 12.2. The zero-order valence-electron chi connectivity index (χ0n) is 11.2. The quantitative estimate of drug-likeness (QED) is 0.796. The highest BCUT2D eigenvalue weighted by molar-refractivity contribution is 8.00. The molecule has 6 nitrogen and oxygen atoms in total. The molecule has 0 radical (unpaired) electrons. The van der Waals surface area contributed by atoms with Crippen molar-refractivity contribution in [3.05, 3.63) is 0 Å². The van der Waals surface area contributed by atoms with Gasteiger partial charge >= 0.3 is 5.97 Å². The van der Waals surface area contributed by atoms with Gasteiger partial charge in [0.05, 0.1) is 17.5 Å². The molecule has 1 aliphatic carbocycles. The van der Waals surface area contributed by atoms with Crippen molar-refractivity contribution in [1.82, 2.24) is 9.80 Å². The zero-order valence-corrected chi connectivity index (χ0v) is 12.0. The molecule has 1 saturated carbocycles. The van der Waals surface area contributed by atoms with Gasteiger partial charge in [-0.25, -0.2) is 0 Å². The Balaban J connectivity index is 1.61. The van der Waals surface area contributed by atoms with Gasteiger partial charge in [0.15, 0.2) is 0 Å². The van der Waals surface area contributed by atoms with Gasteiger partial charge in [0.1, 0.15) is 6.54 Å². The van der Waals surface area contributed by atoms with Crippen molar-refractivity contribution in [2.75, 3.05) is 31.3 Å². The van der Waals surface area contributed by atoms with Crippen molar-refractivity contribution in [1.29, 1.82) is 0 Å². The molecule has 2 aliphatic heterocycles. The van der Waals surface area contributed by atoms with Crippen LogP contribution in [0.3, 0.4) is 0 Å². The van der Waals surface area contributed by atoms with E-state index >= 15 is 0 Å². The molecule has 0 bridgehead atoms. The monoisotopic (exact) mass is 298 g/mol. The minimum atomic E-state index is -0.801. The van der Waals surface area contributed by atoms with E-state index in [4.69, 9.17) is 0 Å². The van der Waals surface area contributed by atoms with Crippen LogP contribution in [0, 0.1) is 17.8 Å². The summed E-state index contributed by atoms with van der Waals surface area (Å²) in [4.78, 5) is 38.2. The van der Waals surface area contributed by atoms with Crippen LogP contribution in [0.25, 0.3) is 0 Å². The van der Waals surface area contributed by atoms with Gasteiger partial charge in [0.25, 0.3) is 0 Å². The van der Waals surface area contributed by atoms with Gasteiger partial charge in [-0.15, -0.1) is 11.8 Å². The summed E-state index contributed by atoms with van der Waals surface area (Å²) in [5.41, 5.74) is 0. The van der Waals surface area contributed by atoms with Crippen molar-refractivity contribution in [2.24, 2.45) is 17.8 Å². The molecule has 2 atom stereocenters. The highest BCUT2D eigenvalue weighted by Crippen LogP contribution is 2.44. The molecular weight excluding hydrogens is 280 g/mol. The summed E-state index contributed by atoms with van der Waals surface area (Å²) in [5.74, 6) is 0.215. The van der Waals surface area contributed by atoms with Crippen LogP contribution in [-0.4, -0.2) is 64.0 Å². The zero-order chi connectivity index (χ0) is 14.3. The normalized spacial score (nSPS) is 30.1. The van der Waals surface area contributed by atoms with E-state index in [1.165, 1.54) is 11.8 Å². The summed E-state index contributed by atoms with van der Waals surface area (Å²) >= 11 is 1.51. The SMILES string of the molecule is O=C(O)[C@H]1CN(C(=O)CN2CSCC2=O)C[C@@H]1C1CC1. The number of nitrogens with zero attached hydrogens (tertiary/aromatic N) is 2. The number of hydrogen-bond donors (Lipinski definition) is 1. The second kappa shape index (κ2) is 5.27. The van der Waals surface area contributed by atoms with Crippen molar-refractivity contribution in [3.63, 3.8) is 0 Å². The number of carbonyl (C=O) groups excluding carboxylic acids is 2. The maximum absolute atomic E-state index is 12.2. The minimum Gasteiger partial charge on any atom is -0.481 e. The van der Waals surface area contributed by atoms with Gasteiger partial charge < -0.3 is 14.9 Å². The van der Waals surface area contributed by atoms with Gasteiger partial charge in [-0.3, -0.25) is 14.4 Å². The number of thioether (sulfide) groups is 1. The molecule has 1 N–H and O–H groups in total. The van der Waals surface area contributed by atoms with E-state index in [0.29, 0.717) is 30.6 Å². The smallest absolute Gasteiger partial charge is 0.308 e. The van der Waals surface area contributed by atoms with Gasteiger partial charge in [-0.1, -0.05) is 0 Å². The number of aliphatic carboxylic acids is 1. The van der Waals surface area contributed by atoms with E-state index in [1.54, 1.807) is 9.80 Å². The summed E-state index contributed by atoms with van der Waals surface area (Å²) in [6.45, 7) is 0.926. The van der Waals surface area contributed by atoms with Crippen LogP contribution >= 0.6 is 11.8 Å². The number of carbonyl (C=O) groups is 3. The molecule has 2 heterocycles. The topological polar surface area (TPSA) is 77.9 Å². The highest BCUT2D eigenvalue weighted by atomic mass is 32.2. The Hall–Kier alpha value is -1.24. The Kier molecular flexibility index (Phi) is 3.62. The summed E-state index contributed by atoms with van der Waals surface area (Å²) in [7, 11) is 0. The van der Waals surface area contributed by atoms with Crippen molar-refractivity contribution < 1.29 is 19.5 Å². The molecule has 0 aromatic heterocycles. The molecule has 3 fully saturated rings. The average molecular weight is 298 g/mol. The van der Waals surface area contributed by atoms with Crippen LogP contribution in [0.2, 0.25) is 0 Å². The largest absolute Gasteiger partial charge is 0.481 e. The van der Waals surface area contributed by atoms with E-state index in [9.17, 15) is 19.5 Å². The predicted octanol–water partition coefficient (Wildman–Crippen LogP) is 0.0885. The number of carboxylic acids is 1. The van der Waals surface area contributed by atoms with Crippen LogP contribution < -0.4 is 0 Å². The van der Waals surface area contributed by atoms with Crippen LogP contribution in [0.4, 0.5) is 0 Å². The standard InChI is InChI=1S/C13H18N2O4S/c16-11(5-15-7-20-6-12(15)17)14-3-9(8-1-2-8)10(4-14)13(18)19/h8-10H,1-7H2,(H,18,19)/t9-,10+/m1/s1. The van der Waals surface area contributed by atoms with Gasteiger partial charge in [-0.2, -0.15) is 0 Å². The third-order valence-electron chi connectivity index (χ3n) is 4.41. The maximum Gasteiger partial charge on any atom is 0.308 e. The fourth-order valence-corrected chi connectivity index (χ4v) is 4.00. The molecule has 2 saturated heterocycles. The molecule has 0 spiro atoms. The lowest BCUT2D eigenvalue weighted by molar-refractivity contribution is -0.143. The second-order valence-electron chi connectivity index (χ2n) is 5.81. The van der Waals surface area contributed by atoms with E-state index in [0.717, 1.165) is 12.8 Å². The molecule has 7 heteroatoms. The van der Waals surface area contributed by atoms with Gasteiger partial charge in [-0.05, 0) is 24.7 Å². The van der Waals surface area contributed by atoms with E-state index in [2.05, 4.69) is 0 Å². The number of rotatable bonds is 4. The van der Waals surface area contributed by atoms with Gasteiger partial charge in [0.2, 0.25) is 11.8 Å². The lowest BCUT2D eigenvalue weighted by atomic mass is 9.92. The first-order valence-electron chi connectivity index (χ1n) is 6.92. The Bertz CT molecular complexity index is 452. The number of likely N-dealkylation sites (tertiary alicyclic amines) is 1. The first-order chi connectivity index (χ1) is 9.56. The Labute approximate surface area is 121 Å². The molecule has 3 rings (SSSR count). The van der Waals surface area contributed by atoms with Crippen molar-refractivity contribution >= 4 is 29.5 Å². The van der Waals surface area contributed by atoms with E-state index < -0.39 is 11.9 Å². The predicted molar refractivity (Wildman–Crippen MR) is 73.0 cm³/mol. The second-order valence-corrected chi connectivity index (χ2v) is 6.77. The minimum absolute atomic E-state index is 0.00363. The lowest BCUT2D eigenvalue weighted by Crippen LogP contribution is -2.40. The fraction of sp³-hybridized carbons (Fsp3) is 0.769. The van der Waals surface area contributed by atoms with E-state index in [-0.39, 0.29) is 24.3 Å². The number of carboxylic acid groups (broad SMARTS) is 1. The Morgan fingerprint density at radius 2 is 2.05 bits per heavy atom. The first kappa shape index (κ1) is 13.7. The molecule has 0 aromatic carbocycles. The summed E-state index contributed by atoms with van der Waals surface area (Å²) in [6.07, 6.45) is 2.16. The van der Waals surface area contributed by atoms with Crippen LogP contribution in [0.15, 0.2) is 0 Å². The molecule has 0 aromatic rings. The summed E-state index contributed by atoms with van der Waals surface area (Å²) in [5, 5.41) is 9.28. The van der Waals surface area contributed by atoms with Crippen molar-refractivity contribution in [3.8, 4) is 0 Å². The molecule has 2 amide bonds. The molecule has 0 unspecified atom stereocenters. The molecule has 20 heavy (non-hydrogen) atoms. The summed E-state index contributed by atoms with van der Waals surface area (Å²) < 4.78 is 0. The number of amides is 2. The average Bonchev–Trinajstić information content (AvgIpc) is 3.02. The third kappa shape index (κ3) is 2.63. The van der Waals surface area contributed by atoms with Crippen LogP contribution in [0.1, 0.15) is 12.8 Å². The van der Waals surface area contributed by atoms with E-state index in [1.807, 2.05) is 0 Å². The molecule has 110 valence electrons. The van der Waals surface area contributed by atoms with Gasteiger partial charge in [0, 0.05) is 13.1 Å². The summed E-state index contributed by atoms with van der Waals surface area (Å²) in [6, 6.07) is 0.